The molecule has 0 radical (unpaired) electrons. The van der Waals surface area contributed by atoms with Crippen molar-refractivity contribution in [2.24, 2.45) is 5.16 Å². The highest BCUT2D eigenvalue weighted by Gasteiger charge is 2.23. The van der Waals surface area contributed by atoms with Gasteiger partial charge in [-0.1, -0.05) is 59.8 Å². The maximum Gasteiger partial charge on any atom is 0.138 e. The molecule has 0 saturated carbocycles. The first-order valence-corrected chi connectivity index (χ1v) is 8.41. The molecule has 0 amide bonds. The SMILES string of the molecule is Brc1cnc(CC2CC(c3ccccc3)=NO2)c2ccccc12. The zero-order valence-corrected chi connectivity index (χ0v) is 14.0. The summed E-state index contributed by atoms with van der Waals surface area (Å²) in [7, 11) is 0. The van der Waals surface area contributed by atoms with E-state index in [2.05, 4.69) is 50.3 Å². The fourth-order valence-electron chi connectivity index (χ4n) is 2.93. The van der Waals surface area contributed by atoms with Crippen LogP contribution < -0.4 is 0 Å². The van der Waals surface area contributed by atoms with Gasteiger partial charge in [-0.05, 0) is 26.9 Å². The summed E-state index contributed by atoms with van der Waals surface area (Å²) in [5.41, 5.74) is 3.19. The van der Waals surface area contributed by atoms with E-state index < -0.39 is 0 Å². The van der Waals surface area contributed by atoms with Crippen molar-refractivity contribution in [1.82, 2.24) is 4.98 Å². The van der Waals surface area contributed by atoms with E-state index in [1.165, 1.54) is 10.8 Å². The van der Waals surface area contributed by atoms with Gasteiger partial charge in [0.1, 0.15) is 6.10 Å². The van der Waals surface area contributed by atoms with Crippen LogP contribution in [0.2, 0.25) is 0 Å². The molecule has 3 aromatic rings. The first-order valence-electron chi connectivity index (χ1n) is 7.61. The molecule has 2 heterocycles. The molecule has 0 bridgehead atoms. The Balaban J connectivity index is 1.56. The lowest BCUT2D eigenvalue weighted by Gasteiger charge is -2.11. The predicted molar refractivity (Wildman–Crippen MR) is 95.6 cm³/mol. The summed E-state index contributed by atoms with van der Waals surface area (Å²) in [6.07, 6.45) is 3.48. The van der Waals surface area contributed by atoms with Gasteiger partial charge in [-0.3, -0.25) is 4.98 Å². The Kier molecular flexibility index (Phi) is 3.83. The van der Waals surface area contributed by atoms with Crippen LogP contribution in [-0.4, -0.2) is 16.8 Å². The molecule has 0 fully saturated rings. The number of rotatable bonds is 3. The first kappa shape index (κ1) is 14.4. The number of fused-ring (bicyclic) bond motifs is 1. The molecular weight excluding hydrogens is 352 g/mol. The van der Waals surface area contributed by atoms with Crippen LogP contribution in [0.4, 0.5) is 0 Å². The van der Waals surface area contributed by atoms with Crippen LogP contribution in [0.5, 0.6) is 0 Å². The van der Waals surface area contributed by atoms with Crippen molar-refractivity contribution in [3.8, 4) is 0 Å². The summed E-state index contributed by atoms with van der Waals surface area (Å²) >= 11 is 3.57. The normalized spacial score (nSPS) is 17.1. The molecule has 0 saturated heterocycles. The van der Waals surface area contributed by atoms with Crippen LogP contribution in [0.3, 0.4) is 0 Å². The molecule has 23 heavy (non-hydrogen) atoms. The Morgan fingerprint density at radius 2 is 1.74 bits per heavy atom. The minimum absolute atomic E-state index is 0.0438. The Morgan fingerprint density at radius 3 is 2.57 bits per heavy atom. The molecule has 0 spiro atoms. The number of pyridine rings is 1. The molecule has 1 aromatic heterocycles. The predicted octanol–water partition coefficient (Wildman–Crippen LogP) is 4.73. The lowest BCUT2D eigenvalue weighted by atomic mass is 10.0. The fraction of sp³-hybridized carbons (Fsp3) is 0.158. The summed E-state index contributed by atoms with van der Waals surface area (Å²) in [5, 5.41) is 6.61. The summed E-state index contributed by atoms with van der Waals surface area (Å²) < 4.78 is 1.02. The van der Waals surface area contributed by atoms with Crippen molar-refractivity contribution in [2.75, 3.05) is 0 Å². The van der Waals surface area contributed by atoms with Gasteiger partial charge in [0.25, 0.3) is 0 Å². The zero-order chi connectivity index (χ0) is 15.6. The van der Waals surface area contributed by atoms with Gasteiger partial charge in [-0.2, -0.15) is 0 Å². The average molecular weight is 367 g/mol. The second-order valence-corrected chi connectivity index (χ2v) is 6.49. The minimum atomic E-state index is 0.0438. The van der Waals surface area contributed by atoms with Gasteiger partial charge >= 0.3 is 0 Å². The third-order valence-corrected chi connectivity index (χ3v) is 4.72. The molecule has 114 valence electrons. The Hall–Kier alpha value is -2.20. The average Bonchev–Trinajstić information content (AvgIpc) is 3.07. The van der Waals surface area contributed by atoms with Gasteiger partial charge < -0.3 is 4.84 Å². The van der Waals surface area contributed by atoms with Crippen LogP contribution in [-0.2, 0) is 11.3 Å². The molecule has 1 aliphatic rings. The molecule has 1 atom stereocenters. The fourth-order valence-corrected chi connectivity index (χ4v) is 3.38. The summed E-state index contributed by atoms with van der Waals surface area (Å²) in [4.78, 5) is 10.2. The van der Waals surface area contributed by atoms with Gasteiger partial charge in [-0.25, -0.2) is 0 Å². The van der Waals surface area contributed by atoms with Gasteiger partial charge in [0.2, 0.25) is 0 Å². The van der Waals surface area contributed by atoms with Crippen molar-refractivity contribution in [3.05, 3.63) is 76.5 Å². The highest BCUT2D eigenvalue weighted by Crippen LogP contribution is 2.27. The van der Waals surface area contributed by atoms with E-state index in [1.54, 1.807) is 0 Å². The number of oxime groups is 1. The summed E-state index contributed by atoms with van der Waals surface area (Å²) in [6.45, 7) is 0. The molecule has 3 nitrogen and oxygen atoms in total. The van der Waals surface area contributed by atoms with E-state index in [9.17, 15) is 0 Å². The lowest BCUT2D eigenvalue weighted by molar-refractivity contribution is 0.0855. The molecule has 0 N–H and O–H groups in total. The van der Waals surface area contributed by atoms with Crippen molar-refractivity contribution in [1.29, 1.82) is 0 Å². The van der Waals surface area contributed by atoms with Gasteiger partial charge in [0.15, 0.2) is 0 Å². The second kappa shape index (κ2) is 6.13. The third-order valence-electron chi connectivity index (χ3n) is 4.09. The molecule has 2 aromatic carbocycles. The topological polar surface area (TPSA) is 34.5 Å². The minimum Gasteiger partial charge on any atom is -0.391 e. The Labute approximate surface area is 143 Å². The lowest BCUT2D eigenvalue weighted by Crippen LogP contribution is -2.13. The van der Waals surface area contributed by atoms with Crippen LogP contribution >= 0.6 is 15.9 Å². The van der Waals surface area contributed by atoms with E-state index in [1.807, 2.05) is 36.5 Å². The van der Waals surface area contributed by atoms with Crippen LogP contribution in [0.1, 0.15) is 17.7 Å². The first-order chi connectivity index (χ1) is 11.3. The molecule has 1 unspecified atom stereocenters. The monoisotopic (exact) mass is 366 g/mol. The van der Waals surface area contributed by atoms with Gasteiger partial charge in [0.05, 0.1) is 11.4 Å². The van der Waals surface area contributed by atoms with Crippen molar-refractivity contribution >= 4 is 32.4 Å². The number of halogens is 1. The number of aromatic nitrogens is 1. The highest BCUT2D eigenvalue weighted by molar-refractivity contribution is 9.10. The quantitative estimate of drug-likeness (QED) is 0.671. The maximum absolute atomic E-state index is 5.64. The van der Waals surface area contributed by atoms with Crippen molar-refractivity contribution in [2.45, 2.75) is 18.9 Å². The standard InChI is InChI=1S/C19H15BrN2O/c20-17-12-21-19(16-9-5-4-8-15(16)17)11-14-10-18(22-23-14)13-6-2-1-3-7-13/h1-9,12,14H,10-11H2. The molecule has 0 aliphatic carbocycles. The van der Waals surface area contributed by atoms with Crippen molar-refractivity contribution < 1.29 is 4.84 Å². The Morgan fingerprint density at radius 1 is 1.00 bits per heavy atom. The molecular formula is C19H15BrN2O. The second-order valence-electron chi connectivity index (χ2n) is 5.64. The van der Waals surface area contributed by atoms with Gasteiger partial charge in [0, 0.05) is 28.9 Å². The maximum atomic E-state index is 5.64. The van der Waals surface area contributed by atoms with E-state index in [0.29, 0.717) is 0 Å². The van der Waals surface area contributed by atoms with Gasteiger partial charge in [-0.15, -0.1) is 0 Å². The molecule has 1 aliphatic heterocycles. The third kappa shape index (κ3) is 2.86. The van der Waals surface area contributed by atoms with Crippen LogP contribution in [0.15, 0.2) is 70.4 Å². The number of benzene rings is 2. The summed E-state index contributed by atoms with van der Waals surface area (Å²) in [6, 6.07) is 18.5. The van der Waals surface area contributed by atoms with E-state index in [-0.39, 0.29) is 6.10 Å². The number of hydrogen-bond acceptors (Lipinski definition) is 3. The highest BCUT2D eigenvalue weighted by atomic mass is 79.9. The van der Waals surface area contributed by atoms with Crippen molar-refractivity contribution in [3.63, 3.8) is 0 Å². The van der Waals surface area contributed by atoms with Crippen LogP contribution in [0.25, 0.3) is 10.8 Å². The number of hydrogen-bond donors (Lipinski definition) is 0. The largest absolute Gasteiger partial charge is 0.391 e. The molecule has 4 rings (SSSR count). The zero-order valence-electron chi connectivity index (χ0n) is 12.4. The Bertz CT molecular complexity index is 877. The van der Waals surface area contributed by atoms with E-state index in [0.717, 1.165) is 34.3 Å². The summed E-state index contributed by atoms with van der Waals surface area (Å²) in [5.74, 6) is 0. The number of nitrogens with zero attached hydrogens (tertiary/aromatic N) is 2. The molecule has 4 heteroatoms. The van der Waals surface area contributed by atoms with E-state index in [4.69, 9.17) is 4.84 Å². The smallest absolute Gasteiger partial charge is 0.138 e. The van der Waals surface area contributed by atoms with Crippen LogP contribution in [0, 0.1) is 0 Å². The van der Waals surface area contributed by atoms with E-state index >= 15 is 0 Å².